The van der Waals surface area contributed by atoms with E-state index in [2.05, 4.69) is 48.6 Å². The molecule has 0 aromatic heterocycles. The zero-order valence-corrected chi connectivity index (χ0v) is 18.0. The number of sulfonamides is 1. The van der Waals surface area contributed by atoms with Crippen LogP contribution in [-0.4, -0.2) is 50.9 Å². The van der Waals surface area contributed by atoms with E-state index < -0.39 is 10.0 Å². The number of amides is 1. The molecule has 1 aliphatic heterocycles. The number of nitrogens with one attached hydrogen (secondary N) is 2. The number of nitrogens with zero attached hydrogens (tertiary/aromatic N) is 1. The molecule has 2 atom stereocenters. The summed E-state index contributed by atoms with van der Waals surface area (Å²) >= 11 is 0. The Kier molecular flexibility index (Phi) is 7.27. The summed E-state index contributed by atoms with van der Waals surface area (Å²) in [6.45, 7) is 11.3. The maximum atomic E-state index is 12.5. The molecule has 2 rings (SSSR count). The number of carbonyl (C=O) groups is 1. The first-order valence-electron chi connectivity index (χ1n) is 9.61. The highest BCUT2D eigenvalue weighted by Gasteiger charge is 2.33. The first-order chi connectivity index (χ1) is 13.0. The van der Waals surface area contributed by atoms with Gasteiger partial charge in [0.05, 0.1) is 11.4 Å². The van der Waals surface area contributed by atoms with Crippen LogP contribution >= 0.6 is 0 Å². The van der Waals surface area contributed by atoms with Crippen molar-refractivity contribution in [2.24, 2.45) is 11.8 Å². The van der Waals surface area contributed by atoms with E-state index in [0.29, 0.717) is 23.9 Å². The van der Waals surface area contributed by atoms with E-state index in [-0.39, 0.29) is 22.9 Å². The molecule has 2 N–H and O–H groups in total. The normalized spacial score (nSPS) is 21.1. The molecular weight excluding hydrogens is 374 g/mol. The lowest BCUT2D eigenvalue weighted by Gasteiger charge is -2.45. The Bertz CT molecular complexity index is 815. The van der Waals surface area contributed by atoms with Crippen LogP contribution in [0.2, 0.25) is 0 Å². The molecule has 1 fully saturated rings. The van der Waals surface area contributed by atoms with Gasteiger partial charge in [-0.1, -0.05) is 19.8 Å². The molecule has 1 amide bonds. The molecule has 7 heteroatoms. The van der Waals surface area contributed by atoms with Crippen molar-refractivity contribution in [3.8, 4) is 12.3 Å². The van der Waals surface area contributed by atoms with Gasteiger partial charge in [-0.25, -0.2) is 8.42 Å². The molecule has 1 heterocycles. The summed E-state index contributed by atoms with van der Waals surface area (Å²) < 4.78 is 26.4. The quantitative estimate of drug-likeness (QED) is 0.681. The molecule has 1 aliphatic rings. The van der Waals surface area contributed by atoms with Crippen molar-refractivity contribution < 1.29 is 13.2 Å². The molecule has 154 valence electrons. The van der Waals surface area contributed by atoms with Crippen LogP contribution in [0.15, 0.2) is 29.2 Å². The second-order valence-electron chi connectivity index (χ2n) is 8.40. The molecule has 0 saturated carbocycles. The van der Waals surface area contributed by atoms with Crippen molar-refractivity contribution in [3.05, 3.63) is 29.8 Å². The van der Waals surface area contributed by atoms with Crippen molar-refractivity contribution in [1.82, 2.24) is 14.9 Å². The van der Waals surface area contributed by atoms with Crippen molar-refractivity contribution >= 4 is 15.9 Å². The molecule has 0 aliphatic carbocycles. The van der Waals surface area contributed by atoms with Crippen LogP contribution in [0.4, 0.5) is 0 Å². The predicted octanol–water partition coefficient (Wildman–Crippen LogP) is 2.08. The SMILES string of the molecule is C#CCNS(=O)(=O)c1ccc(C(=O)NCC(C)(C)N2CC(C)CC(C)C2)cc1. The highest BCUT2D eigenvalue weighted by molar-refractivity contribution is 7.89. The minimum atomic E-state index is -3.66. The van der Waals surface area contributed by atoms with Crippen LogP contribution in [0.3, 0.4) is 0 Å². The van der Waals surface area contributed by atoms with Crippen LogP contribution in [0.1, 0.15) is 44.5 Å². The number of piperidine rings is 1. The van der Waals surface area contributed by atoms with Crippen molar-refractivity contribution in [3.63, 3.8) is 0 Å². The van der Waals surface area contributed by atoms with Gasteiger partial charge in [0.1, 0.15) is 0 Å². The Labute approximate surface area is 169 Å². The van der Waals surface area contributed by atoms with E-state index in [1.165, 1.54) is 30.7 Å². The molecule has 0 bridgehead atoms. The Morgan fingerprint density at radius 1 is 1.21 bits per heavy atom. The number of hydrogen-bond acceptors (Lipinski definition) is 4. The van der Waals surface area contributed by atoms with Gasteiger partial charge in [0, 0.05) is 30.7 Å². The van der Waals surface area contributed by atoms with Gasteiger partial charge in [-0.2, -0.15) is 4.72 Å². The van der Waals surface area contributed by atoms with Gasteiger partial charge in [-0.3, -0.25) is 9.69 Å². The second-order valence-corrected chi connectivity index (χ2v) is 10.2. The fourth-order valence-corrected chi connectivity index (χ4v) is 4.61. The molecule has 1 saturated heterocycles. The van der Waals surface area contributed by atoms with Crippen molar-refractivity contribution in [2.75, 3.05) is 26.2 Å². The molecule has 28 heavy (non-hydrogen) atoms. The Hall–Kier alpha value is -1.88. The smallest absolute Gasteiger partial charge is 0.251 e. The van der Waals surface area contributed by atoms with E-state index in [0.717, 1.165) is 13.1 Å². The summed E-state index contributed by atoms with van der Waals surface area (Å²) in [5.74, 6) is 3.31. The lowest BCUT2D eigenvalue weighted by atomic mass is 9.88. The average molecular weight is 406 g/mol. The molecule has 2 unspecified atom stereocenters. The highest BCUT2D eigenvalue weighted by Crippen LogP contribution is 2.27. The number of hydrogen-bond donors (Lipinski definition) is 2. The van der Waals surface area contributed by atoms with Crippen LogP contribution in [0.5, 0.6) is 0 Å². The van der Waals surface area contributed by atoms with E-state index >= 15 is 0 Å². The fourth-order valence-electron chi connectivity index (χ4n) is 3.67. The Balaban J connectivity index is 1.98. The minimum Gasteiger partial charge on any atom is -0.350 e. The number of rotatable bonds is 7. The number of likely N-dealkylation sites (tertiary alicyclic amines) is 1. The van der Waals surface area contributed by atoms with E-state index in [9.17, 15) is 13.2 Å². The molecule has 6 nitrogen and oxygen atoms in total. The monoisotopic (exact) mass is 405 g/mol. The van der Waals surface area contributed by atoms with Crippen LogP contribution in [0.25, 0.3) is 0 Å². The zero-order chi connectivity index (χ0) is 20.9. The van der Waals surface area contributed by atoms with Crippen LogP contribution < -0.4 is 10.0 Å². The van der Waals surface area contributed by atoms with Gasteiger partial charge in [-0.05, 0) is 56.4 Å². The first kappa shape index (κ1) is 22.4. The van der Waals surface area contributed by atoms with Gasteiger partial charge in [0.2, 0.25) is 10.0 Å². The molecule has 0 spiro atoms. The maximum absolute atomic E-state index is 12.5. The summed E-state index contributed by atoms with van der Waals surface area (Å²) in [6.07, 6.45) is 6.32. The van der Waals surface area contributed by atoms with Crippen molar-refractivity contribution in [2.45, 2.75) is 44.6 Å². The highest BCUT2D eigenvalue weighted by atomic mass is 32.2. The molecular formula is C21H31N3O3S. The van der Waals surface area contributed by atoms with Gasteiger partial charge < -0.3 is 5.32 Å². The first-order valence-corrected chi connectivity index (χ1v) is 11.1. The number of terminal acetylenes is 1. The topological polar surface area (TPSA) is 78.5 Å². The van der Waals surface area contributed by atoms with E-state index in [1.54, 1.807) is 0 Å². The lowest BCUT2D eigenvalue weighted by molar-refractivity contribution is 0.0445. The van der Waals surface area contributed by atoms with Crippen LogP contribution in [-0.2, 0) is 10.0 Å². The largest absolute Gasteiger partial charge is 0.350 e. The third kappa shape index (κ3) is 5.81. The third-order valence-corrected chi connectivity index (χ3v) is 6.61. The zero-order valence-electron chi connectivity index (χ0n) is 17.2. The third-order valence-electron chi connectivity index (χ3n) is 5.20. The maximum Gasteiger partial charge on any atom is 0.251 e. The average Bonchev–Trinajstić information content (AvgIpc) is 2.64. The summed E-state index contributed by atoms with van der Waals surface area (Å²) in [6, 6.07) is 5.84. The van der Waals surface area contributed by atoms with Gasteiger partial charge in [0.15, 0.2) is 0 Å². The standard InChI is InChI=1S/C21H31N3O3S/c1-6-11-23-28(26,27)19-9-7-18(8-10-19)20(25)22-15-21(4,5)24-13-16(2)12-17(3)14-24/h1,7-10,16-17,23H,11-15H2,2-5H3,(H,22,25). The Morgan fingerprint density at radius 2 is 1.79 bits per heavy atom. The van der Waals surface area contributed by atoms with Gasteiger partial charge >= 0.3 is 0 Å². The summed E-state index contributed by atoms with van der Waals surface area (Å²) in [5, 5.41) is 2.99. The summed E-state index contributed by atoms with van der Waals surface area (Å²) in [5.41, 5.74) is 0.271. The van der Waals surface area contributed by atoms with Crippen molar-refractivity contribution in [1.29, 1.82) is 0 Å². The second kappa shape index (κ2) is 9.08. The van der Waals surface area contributed by atoms with Gasteiger partial charge in [0.25, 0.3) is 5.91 Å². The predicted molar refractivity (Wildman–Crippen MR) is 111 cm³/mol. The molecule has 1 aromatic rings. The van der Waals surface area contributed by atoms with E-state index in [4.69, 9.17) is 6.42 Å². The summed E-state index contributed by atoms with van der Waals surface area (Å²) in [7, 11) is -3.66. The minimum absolute atomic E-state index is 0.0760. The summed E-state index contributed by atoms with van der Waals surface area (Å²) in [4.78, 5) is 15.0. The molecule has 0 radical (unpaired) electrons. The molecule has 1 aromatic carbocycles. The lowest BCUT2D eigenvalue weighted by Crippen LogP contribution is -2.56. The number of carbonyl (C=O) groups excluding carboxylic acids is 1. The van der Waals surface area contributed by atoms with Crippen LogP contribution in [0, 0.1) is 24.2 Å². The van der Waals surface area contributed by atoms with E-state index in [1.807, 2.05) is 0 Å². The van der Waals surface area contributed by atoms with Gasteiger partial charge in [-0.15, -0.1) is 6.42 Å². The Morgan fingerprint density at radius 3 is 2.32 bits per heavy atom. The number of benzene rings is 1. The fraction of sp³-hybridized carbons (Fsp3) is 0.571.